The van der Waals surface area contributed by atoms with Gasteiger partial charge in [-0.3, -0.25) is 9.59 Å². The fourth-order valence-corrected chi connectivity index (χ4v) is 6.33. The number of aryl methyl sites for hydroxylation is 1. The van der Waals surface area contributed by atoms with Gasteiger partial charge >= 0.3 is 0 Å². The number of carbonyl (C=O) groups is 2. The van der Waals surface area contributed by atoms with Crippen LogP contribution in [0.4, 0.5) is 5.69 Å². The molecule has 0 spiro atoms. The molecule has 1 aliphatic rings. The molecule has 0 fully saturated rings. The summed E-state index contributed by atoms with van der Waals surface area (Å²) in [6.45, 7) is 4.30. The number of methoxy groups -OCH3 is 1. The zero-order chi connectivity index (χ0) is 26.9. The Morgan fingerprint density at radius 1 is 1.14 bits per heavy atom. The summed E-state index contributed by atoms with van der Waals surface area (Å²) in [5.74, 6) is -1.02. The molecule has 0 atom stereocenters. The average molecular weight is 562 g/mol. The van der Waals surface area contributed by atoms with Gasteiger partial charge in [-0.1, -0.05) is 29.3 Å². The third kappa shape index (κ3) is 5.45. The van der Waals surface area contributed by atoms with E-state index in [0.717, 1.165) is 0 Å². The van der Waals surface area contributed by atoms with Crippen LogP contribution in [0.1, 0.15) is 38.4 Å². The highest BCUT2D eigenvalue weighted by molar-refractivity contribution is 7.90. The lowest BCUT2D eigenvalue weighted by molar-refractivity contribution is -0.110. The van der Waals surface area contributed by atoms with E-state index in [0.29, 0.717) is 52.5 Å². The largest absolute Gasteiger partial charge is 0.383 e. The Hall–Kier alpha value is -3.11. The number of anilines is 1. The number of carbonyl (C=O) groups excluding carboxylic acids is 2. The first-order valence-corrected chi connectivity index (χ1v) is 13.7. The van der Waals surface area contributed by atoms with Crippen molar-refractivity contribution in [3.05, 3.63) is 80.1 Å². The number of hydrogen-bond acceptors (Lipinski definition) is 5. The van der Waals surface area contributed by atoms with Crippen LogP contribution in [-0.2, 0) is 25.1 Å². The molecule has 194 valence electrons. The second-order valence-corrected chi connectivity index (χ2v) is 11.4. The predicted octanol–water partition coefficient (Wildman–Crippen LogP) is 4.78. The number of sulfone groups is 1. The Balaban J connectivity index is 1.69. The van der Waals surface area contributed by atoms with E-state index in [1.807, 2.05) is 0 Å². The molecule has 3 N–H and O–H groups in total. The summed E-state index contributed by atoms with van der Waals surface area (Å²) in [6.07, 6.45) is 1.62. The summed E-state index contributed by atoms with van der Waals surface area (Å²) >= 11 is 12.4. The van der Waals surface area contributed by atoms with Crippen LogP contribution in [0.3, 0.4) is 0 Å². The zero-order valence-corrected chi connectivity index (χ0v) is 22.7. The third-order valence-electron chi connectivity index (χ3n) is 6.11. The highest BCUT2D eigenvalue weighted by Gasteiger charge is 2.28. The molecule has 37 heavy (non-hydrogen) atoms. The molecule has 0 radical (unpaired) electrons. The number of halogens is 2. The van der Waals surface area contributed by atoms with E-state index in [1.165, 1.54) is 12.1 Å². The monoisotopic (exact) mass is 561 g/mol. The van der Waals surface area contributed by atoms with E-state index in [9.17, 15) is 18.0 Å². The molecule has 0 aliphatic carbocycles. The van der Waals surface area contributed by atoms with Crippen molar-refractivity contribution in [1.29, 1.82) is 0 Å². The van der Waals surface area contributed by atoms with Gasteiger partial charge in [0.15, 0.2) is 9.84 Å². The maximum Gasteiger partial charge on any atom is 0.256 e. The number of nitrogens with one attached hydrogen (secondary N) is 3. The van der Waals surface area contributed by atoms with Gasteiger partial charge in [-0.25, -0.2) is 8.42 Å². The molecular formula is C26H25Cl2N3O5S. The quantitative estimate of drug-likeness (QED) is 0.270. The van der Waals surface area contributed by atoms with Crippen LogP contribution in [0.2, 0.25) is 10.0 Å². The second kappa shape index (κ2) is 10.7. The minimum absolute atomic E-state index is 0.0298. The second-order valence-electron chi connectivity index (χ2n) is 8.59. The molecule has 4 rings (SSSR count). The van der Waals surface area contributed by atoms with Crippen LogP contribution in [0.15, 0.2) is 41.3 Å². The van der Waals surface area contributed by atoms with Crippen LogP contribution in [0.25, 0.3) is 11.6 Å². The van der Waals surface area contributed by atoms with Crippen LogP contribution in [-0.4, -0.2) is 45.5 Å². The Kier molecular flexibility index (Phi) is 7.80. The van der Waals surface area contributed by atoms with E-state index < -0.39 is 9.84 Å². The van der Waals surface area contributed by atoms with E-state index in [1.54, 1.807) is 51.3 Å². The maximum atomic E-state index is 13.2. The molecule has 0 bridgehead atoms. The minimum Gasteiger partial charge on any atom is -0.383 e. The van der Waals surface area contributed by atoms with Crippen molar-refractivity contribution in [3.8, 4) is 0 Å². The SMILES string of the molecule is COCCNC(=O)c1c(C)[nH]c(/C=C2\C(=O)Nc3ccc(S(=O)(=O)Cc4c(Cl)cccc4Cl)cc32)c1C. The summed E-state index contributed by atoms with van der Waals surface area (Å²) in [6, 6.07) is 9.26. The lowest BCUT2D eigenvalue weighted by atomic mass is 10.0. The number of amides is 2. The number of H-pyrrole nitrogens is 1. The smallest absolute Gasteiger partial charge is 0.256 e. The molecule has 3 aromatic rings. The Labute approximate surface area is 224 Å². The Morgan fingerprint density at radius 3 is 2.51 bits per heavy atom. The number of aromatic nitrogens is 1. The van der Waals surface area contributed by atoms with Crippen LogP contribution in [0, 0.1) is 13.8 Å². The number of benzene rings is 2. The van der Waals surface area contributed by atoms with Crippen molar-refractivity contribution < 1.29 is 22.7 Å². The van der Waals surface area contributed by atoms with Crippen molar-refractivity contribution >= 4 is 62.2 Å². The van der Waals surface area contributed by atoms with Crippen molar-refractivity contribution in [3.63, 3.8) is 0 Å². The van der Waals surface area contributed by atoms with Crippen molar-refractivity contribution in [1.82, 2.24) is 10.3 Å². The third-order valence-corrected chi connectivity index (χ3v) is 8.46. The number of fused-ring (bicyclic) bond motifs is 1. The van der Waals surface area contributed by atoms with Crippen molar-refractivity contribution in [2.45, 2.75) is 24.5 Å². The topological polar surface area (TPSA) is 117 Å². The first kappa shape index (κ1) is 26.9. The first-order chi connectivity index (χ1) is 17.5. The van der Waals surface area contributed by atoms with Crippen LogP contribution < -0.4 is 10.6 Å². The summed E-state index contributed by atoms with van der Waals surface area (Å²) in [5, 5.41) is 6.07. The summed E-state index contributed by atoms with van der Waals surface area (Å²) in [5.41, 5.74) is 3.88. The highest BCUT2D eigenvalue weighted by atomic mass is 35.5. The maximum absolute atomic E-state index is 13.2. The Morgan fingerprint density at radius 2 is 1.84 bits per heavy atom. The fourth-order valence-electron chi connectivity index (χ4n) is 4.21. The standard InChI is InChI=1S/C26H25Cl2N3O5S/c1-14-23(30-15(2)24(14)26(33)29-9-10-36-3)12-18-17-11-16(7-8-22(17)31-25(18)32)37(34,35)13-19-20(27)5-4-6-21(19)28/h4-8,11-12,30H,9-10,13H2,1-3H3,(H,29,33)(H,31,32)/b18-12-. The fraction of sp³-hybridized carbons (Fsp3) is 0.231. The predicted molar refractivity (Wildman–Crippen MR) is 145 cm³/mol. The van der Waals surface area contributed by atoms with E-state index in [2.05, 4.69) is 15.6 Å². The van der Waals surface area contributed by atoms with Gasteiger partial charge in [0, 0.05) is 51.9 Å². The molecule has 0 saturated carbocycles. The Bertz CT molecular complexity index is 1520. The molecule has 0 unspecified atom stereocenters. The van der Waals surface area contributed by atoms with Gasteiger partial charge in [0.25, 0.3) is 11.8 Å². The summed E-state index contributed by atoms with van der Waals surface area (Å²) in [4.78, 5) is 28.7. The molecule has 11 heteroatoms. The van der Waals surface area contributed by atoms with Gasteiger partial charge in [-0.2, -0.15) is 0 Å². The summed E-state index contributed by atoms with van der Waals surface area (Å²) < 4.78 is 31.4. The first-order valence-electron chi connectivity index (χ1n) is 11.3. The molecule has 1 aliphatic heterocycles. The average Bonchev–Trinajstić information content (AvgIpc) is 3.30. The van der Waals surface area contributed by atoms with Gasteiger partial charge in [0.05, 0.1) is 28.4 Å². The van der Waals surface area contributed by atoms with Crippen molar-refractivity contribution in [2.75, 3.05) is 25.6 Å². The van der Waals surface area contributed by atoms with Gasteiger partial charge in [-0.05, 0) is 55.8 Å². The van der Waals surface area contributed by atoms with Gasteiger partial charge < -0.3 is 20.4 Å². The van der Waals surface area contributed by atoms with Gasteiger partial charge in [0.2, 0.25) is 0 Å². The molecule has 2 amide bonds. The zero-order valence-electron chi connectivity index (χ0n) is 20.4. The molecule has 2 heterocycles. The molecular weight excluding hydrogens is 537 g/mol. The van der Waals surface area contributed by atoms with E-state index in [-0.39, 0.29) is 38.1 Å². The minimum atomic E-state index is -3.83. The molecule has 0 saturated heterocycles. The number of rotatable bonds is 8. The molecule has 8 nitrogen and oxygen atoms in total. The highest BCUT2D eigenvalue weighted by Crippen LogP contribution is 2.37. The number of aromatic amines is 1. The van der Waals surface area contributed by atoms with Crippen LogP contribution >= 0.6 is 23.2 Å². The van der Waals surface area contributed by atoms with E-state index >= 15 is 0 Å². The lowest BCUT2D eigenvalue weighted by Gasteiger charge is -2.10. The summed E-state index contributed by atoms with van der Waals surface area (Å²) in [7, 11) is -2.28. The number of ether oxygens (including phenoxy) is 1. The molecule has 1 aromatic heterocycles. The van der Waals surface area contributed by atoms with Crippen LogP contribution in [0.5, 0.6) is 0 Å². The van der Waals surface area contributed by atoms with Gasteiger partial charge in [0.1, 0.15) is 0 Å². The normalized spacial score (nSPS) is 14.1. The molecule has 2 aromatic carbocycles. The number of hydrogen-bond donors (Lipinski definition) is 3. The van der Waals surface area contributed by atoms with Crippen molar-refractivity contribution in [2.24, 2.45) is 0 Å². The van der Waals surface area contributed by atoms with Gasteiger partial charge in [-0.15, -0.1) is 0 Å². The van der Waals surface area contributed by atoms with E-state index in [4.69, 9.17) is 27.9 Å². The lowest BCUT2D eigenvalue weighted by Crippen LogP contribution is -2.27.